The molecule has 1 aliphatic heterocycles. The van der Waals surface area contributed by atoms with Crippen LogP contribution in [0.1, 0.15) is 6.42 Å². The van der Waals surface area contributed by atoms with Gasteiger partial charge in [-0.15, -0.1) is 0 Å². The molecule has 5 heteroatoms. The van der Waals surface area contributed by atoms with E-state index in [9.17, 15) is 0 Å². The highest BCUT2D eigenvalue weighted by atomic mass is 16.6. The lowest BCUT2D eigenvalue weighted by Crippen LogP contribution is -2.31. The molecule has 4 rings (SSSR count). The van der Waals surface area contributed by atoms with Gasteiger partial charge >= 0.3 is 0 Å². The van der Waals surface area contributed by atoms with Crippen molar-refractivity contribution in [2.24, 2.45) is 0 Å². The highest BCUT2D eigenvalue weighted by molar-refractivity contribution is 5.77. The maximum absolute atomic E-state index is 5.94. The van der Waals surface area contributed by atoms with Crippen molar-refractivity contribution in [1.82, 2.24) is 9.97 Å². The summed E-state index contributed by atoms with van der Waals surface area (Å²) in [6.45, 7) is 1.37. The molecule has 5 nitrogen and oxygen atoms in total. The zero-order valence-electron chi connectivity index (χ0n) is 12.1. The van der Waals surface area contributed by atoms with Gasteiger partial charge in [0.2, 0.25) is 0 Å². The van der Waals surface area contributed by atoms with Crippen molar-refractivity contribution in [1.29, 1.82) is 0 Å². The fourth-order valence-corrected chi connectivity index (χ4v) is 2.60. The fourth-order valence-electron chi connectivity index (χ4n) is 2.60. The van der Waals surface area contributed by atoms with Crippen LogP contribution in [0.5, 0.6) is 11.5 Å². The molecular formula is C17H17N3O2. The van der Waals surface area contributed by atoms with Crippen molar-refractivity contribution >= 4 is 16.9 Å². The first-order valence-corrected chi connectivity index (χ1v) is 7.45. The molecule has 112 valence electrons. The number of benzene rings is 1. The summed E-state index contributed by atoms with van der Waals surface area (Å²) in [6, 6.07) is 13.8. The maximum atomic E-state index is 5.94. The van der Waals surface area contributed by atoms with E-state index in [-0.39, 0.29) is 6.10 Å². The van der Waals surface area contributed by atoms with Gasteiger partial charge < -0.3 is 19.8 Å². The lowest BCUT2D eigenvalue weighted by Gasteiger charge is -2.26. The van der Waals surface area contributed by atoms with Gasteiger partial charge in [-0.2, -0.15) is 0 Å². The van der Waals surface area contributed by atoms with Gasteiger partial charge in [-0.3, -0.25) is 0 Å². The molecule has 0 spiro atoms. The molecule has 0 bridgehead atoms. The van der Waals surface area contributed by atoms with E-state index in [2.05, 4.69) is 21.4 Å². The molecular weight excluding hydrogens is 278 g/mol. The van der Waals surface area contributed by atoms with Crippen molar-refractivity contribution in [3.63, 3.8) is 0 Å². The van der Waals surface area contributed by atoms with Gasteiger partial charge in [0.1, 0.15) is 24.2 Å². The second-order valence-corrected chi connectivity index (χ2v) is 5.33. The monoisotopic (exact) mass is 295 g/mol. The van der Waals surface area contributed by atoms with E-state index < -0.39 is 0 Å². The third-order valence-corrected chi connectivity index (χ3v) is 3.75. The second kappa shape index (κ2) is 5.60. The SMILES string of the molecule is c1ccc2c(c1)OC[C@H](CCNc1ccc3cc[nH]c3n1)O2. The molecule has 2 N–H and O–H groups in total. The molecule has 1 aliphatic rings. The standard InChI is InChI=1S/C17H17N3O2/c1-2-4-15-14(3-1)21-11-13(22-15)8-10-18-16-6-5-12-7-9-19-17(12)20-16/h1-7,9,13H,8,10-11H2,(H2,18,19,20)/t13-/m0/s1. The van der Waals surface area contributed by atoms with Gasteiger partial charge in [-0.1, -0.05) is 12.1 Å². The van der Waals surface area contributed by atoms with E-state index in [4.69, 9.17) is 9.47 Å². The largest absolute Gasteiger partial charge is 0.486 e. The molecule has 0 radical (unpaired) electrons. The average Bonchev–Trinajstić information content (AvgIpc) is 3.02. The number of ether oxygens (including phenoxy) is 2. The molecule has 0 unspecified atom stereocenters. The summed E-state index contributed by atoms with van der Waals surface area (Å²) < 4.78 is 11.6. The van der Waals surface area contributed by atoms with E-state index in [0.29, 0.717) is 6.61 Å². The number of hydrogen-bond donors (Lipinski definition) is 2. The Morgan fingerprint density at radius 3 is 3.00 bits per heavy atom. The summed E-state index contributed by atoms with van der Waals surface area (Å²) >= 11 is 0. The number of H-pyrrole nitrogens is 1. The zero-order valence-corrected chi connectivity index (χ0v) is 12.1. The van der Waals surface area contributed by atoms with Gasteiger partial charge in [0, 0.05) is 24.5 Å². The van der Waals surface area contributed by atoms with Crippen molar-refractivity contribution in [2.45, 2.75) is 12.5 Å². The number of aromatic nitrogens is 2. The first-order valence-electron chi connectivity index (χ1n) is 7.45. The summed E-state index contributed by atoms with van der Waals surface area (Å²) in [7, 11) is 0. The molecule has 0 saturated heterocycles. The van der Waals surface area contributed by atoms with E-state index in [1.807, 2.05) is 42.6 Å². The number of pyridine rings is 1. The van der Waals surface area contributed by atoms with E-state index in [1.165, 1.54) is 0 Å². The van der Waals surface area contributed by atoms with Crippen LogP contribution in [0.15, 0.2) is 48.7 Å². The molecule has 1 aromatic carbocycles. The van der Waals surface area contributed by atoms with E-state index in [0.717, 1.165) is 41.3 Å². The second-order valence-electron chi connectivity index (χ2n) is 5.33. The average molecular weight is 295 g/mol. The minimum absolute atomic E-state index is 0.0663. The van der Waals surface area contributed by atoms with E-state index in [1.54, 1.807) is 0 Å². The predicted molar refractivity (Wildman–Crippen MR) is 85.6 cm³/mol. The molecule has 0 saturated carbocycles. The van der Waals surface area contributed by atoms with Crippen LogP contribution in [0.4, 0.5) is 5.82 Å². The minimum Gasteiger partial charge on any atom is -0.486 e. The summed E-state index contributed by atoms with van der Waals surface area (Å²) in [5.74, 6) is 2.52. The first kappa shape index (κ1) is 13.0. The Hall–Kier alpha value is -2.69. The fraction of sp³-hybridized carbons (Fsp3) is 0.235. The Bertz CT molecular complexity index is 784. The topological polar surface area (TPSA) is 59.2 Å². The molecule has 3 heterocycles. The van der Waals surface area contributed by atoms with Crippen LogP contribution in [0.25, 0.3) is 11.0 Å². The van der Waals surface area contributed by atoms with Crippen LogP contribution in [0.2, 0.25) is 0 Å². The number of nitrogens with one attached hydrogen (secondary N) is 2. The molecule has 0 aliphatic carbocycles. The Morgan fingerprint density at radius 1 is 1.14 bits per heavy atom. The Labute approximate surface area is 128 Å². The number of hydrogen-bond acceptors (Lipinski definition) is 4. The van der Waals surface area contributed by atoms with Crippen molar-refractivity contribution in [3.8, 4) is 11.5 Å². The number of aromatic amines is 1. The zero-order chi connectivity index (χ0) is 14.8. The molecule has 1 atom stereocenters. The molecule has 0 fully saturated rings. The quantitative estimate of drug-likeness (QED) is 0.776. The number of para-hydroxylation sites is 2. The Morgan fingerprint density at radius 2 is 2.05 bits per heavy atom. The van der Waals surface area contributed by atoms with Crippen molar-refractivity contribution < 1.29 is 9.47 Å². The lowest BCUT2D eigenvalue weighted by atomic mass is 10.2. The summed E-state index contributed by atoms with van der Waals surface area (Å²) in [4.78, 5) is 7.63. The van der Waals surface area contributed by atoms with Gasteiger partial charge in [0.25, 0.3) is 0 Å². The Kier molecular flexibility index (Phi) is 3.31. The number of rotatable bonds is 4. The smallest absolute Gasteiger partial charge is 0.161 e. The Balaban J connectivity index is 1.34. The minimum atomic E-state index is 0.0663. The van der Waals surface area contributed by atoms with Crippen LogP contribution in [0, 0.1) is 0 Å². The highest BCUT2D eigenvalue weighted by Gasteiger charge is 2.19. The first-order chi connectivity index (χ1) is 10.9. The predicted octanol–water partition coefficient (Wildman–Crippen LogP) is 3.20. The van der Waals surface area contributed by atoms with Crippen LogP contribution < -0.4 is 14.8 Å². The van der Waals surface area contributed by atoms with Crippen LogP contribution >= 0.6 is 0 Å². The number of nitrogens with zero attached hydrogens (tertiary/aromatic N) is 1. The van der Waals surface area contributed by atoms with Gasteiger partial charge in [-0.05, 0) is 30.3 Å². The third kappa shape index (κ3) is 2.57. The molecule has 2 aromatic heterocycles. The maximum Gasteiger partial charge on any atom is 0.161 e. The van der Waals surface area contributed by atoms with Gasteiger partial charge in [-0.25, -0.2) is 4.98 Å². The van der Waals surface area contributed by atoms with Crippen molar-refractivity contribution in [3.05, 3.63) is 48.7 Å². The highest BCUT2D eigenvalue weighted by Crippen LogP contribution is 2.31. The van der Waals surface area contributed by atoms with Gasteiger partial charge in [0.05, 0.1) is 0 Å². The van der Waals surface area contributed by atoms with Crippen molar-refractivity contribution in [2.75, 3.05) is 18.5 Å². The van der Waals surface area contributed by atoms with Crippen LogP contribution in [-0.4, -0.2) is 29.2 Å². The normalized spacial score (nSPS) is 16.6. The van der Waals surface area contributed by atoms with Crippen LogP contribution in [-0.2, 0) is 0 Å². The summed E-state index contributed by atoms with van der Waals surface area (Å²) in [5, 5.41) is 4.45. The third-order valence-electron chi connectivity index (χ3n) is 3.75. The molecule has 3 aromatic rings. The van der Waals surface area contributed by atoms with Crippen LogP contribution in [0.3, 0.4) is 0 Å². The molecule has 0 amide bonds. The summed E-state index contributed by atoms with van der Waals surface area (Å²) in [5.41, 5.74) is 0.899. The lowest BCUT2D eigenvalue weighted by molar-refractivity contribution is 0.0873. The number of anilines is 1. The number of fused-ring (bicyclic) bond motifs is 2. The molecule has 22 heavy (non-hydrogen) atoms. The van der Waals surface area contributed by atoms with Gasteiger partial charge in [0.15, 0.2) is 11.5 Å². The summed E-state index contributed by atoms with van der Waals surface area (Å²) in [6.07, 6.45) is 2.82. The van der Waals surface area contributed by atoms with E-state index >= 15 is 0 Å².